The van der Waals surface area contributed by atoms with E-state index in [1.165, 1.54) is 30.5 Å². The number of amides is 1. The topological polar surface area (TPSA) is 54.3 Å². The smallest absolute Gasteiger partial charge is 0.246 e. The normalized spacial score (nSPS) is 14.2. The number of para-hydroxylation sites is 1. The predicted molar refractivity (Wildman–Crippen MR) is 124 cm³/mol. The third kappa shape index (κ3) is 5.60. The molecule has 0 aliphatic carbocycles. The average Bonchev–Trinajstić information content (AvgIpc) is 3.26. The molecule has 3 aromatic rings. The van der Waals surface area contributed by atoms with Gasteiger partial charge in [-0.25, -0.2) is 4.68 Å². The molecule has 1 aromatic heterocycles. The van der Waals surface area contributed by atoms with Crippen LogP contribution in [0.2, 0.25) is 0 Å². The molecule has 0 bridgehead atoms. The quantitative estimate of drug-likeness (QED) is 0.548. The molecule has 0 spiro atoms. The Bertz CT molecular complexity index is 1020. The van der Waals surface area contributed by atoms with E-state index in [0.29, 0.717) is 18.8 Å². The number of rotatable bonds is 7. The maximum atomic E-state index is 12.7. The van der Waals surface area contributed by atoms with E-state index in [2.05, 4.69) is 45.5 Å². The lowest BCUT2D eigenvalue weighted by Gasteiger charge is -2.31. The summed E-state index contributed by atoms with van der Waals surface area (Å²) in [5.74, 6) is -0.0499. The number of hydrogen-bond donors (Lipinski definition) is 0. The van der Waals surface area contributed by atoms with Crippen LogP contribution < -0.4 is 4.90 Å². The number of aromatic nitrogens is 3. The van der Waals surface area contributed by atoms with Crippen molar-refractivity contribution in [2.45, 2.75) is 32.4 Å². The Morgan fingerprint density at radius 2 is 1.77 bits per heavy atom. The van der Waals surface area contributed by atoms with Gasteiger partial charge in [-0.1, -0.05) is 53.7 Å². The SMILES string of the molecule is CN(Cc1ccccc1N1CCCCC1)C(=O)/C=C/c1cn(Cc2ccccc2)nn1. The summed E-state index contributed by atoms with van der Waals surface area (Å²) in [5, 5.41) is 8.30. The molecular formula is C25H29N5O. The van der Waals surface area contributed by atoms with E-state index >= 15 is 0 Å². The van der Waals surface area contributed by atoms with Gasteiger partial charge < -0.3 is 9.80 Å². The number of likely N-dealkylation sites (N-methyl/N-ethyl adjacent to an activating group) is 1. The molecule has 160 valence electrons. The van der Waals surface area contributed by atoms with Crippen molar-refractivity contribution in [1.82, 2.24) is 19.9 Å². The number of benzene rings is 2. The molecule has 1 amide bonds. The molecule has 0 N–H and O–H groups in total. The van der Waals surface area contributed by atoms with Gasteiger partial charge in [-0.05, 0) is 42.5 Å². The highest BCUT2D eigenvalue weighted by atomic mass is 16.2. The van der Waals surface area contributed by atoms with Gasteiger partial charge in [-0.3, -0.25) is 4.79 Å². The zero-order valence-corrected chi connectivity index (χ0v) is 18.0. The van der Waals surface area contributed by atoms with E-state index in [1.54, 1.807) is 21.7 Å². The molecule has 1 fully saturated rings. The van der Waals surface area contributed by atoms with Crippen molar-refractivity contribution >= 4 is 17.7 Å². The van der Waals surface area contributed by atoms with Crippen LogP contribution in [0.4, 0.5) is 5.69 Å². The molecule has 2 aromatic carbocycles. The number of piperidine rings is 1. The Labute approximate surface area is 183 Å². The lowest BCUT2D eigenvalue weighted by molar-refractivity contribution is -0.125. The number of hydrogen-bond acceptors (Lipinski definition) is 4. The zero-order chi connectivity index (χ0) is 21.5. The van der Waals surface area contributed by atoms with Gasteiger partial charge in [-0.2, -0.15) is 0 Å². The fraction of sp³-hybridized carbons (Fsp3) is 0.320. The molecule has 31 heavy (non-hydrogen) atoms. The number of anilines is 1. The fourth-order valence-corrected chi connectivity index (χ4v) is 3.94. The molecule has 6 heteroatoms. The molecule has 0 atom stereocenters. The Morgan fingerprint density at radius 1 is 1.03 bits per heavy atom. The van der Waals surface area contributed by atoms with Crippen LogP contribution in [0.5, 0.6) is 0 Å². The van der Waals surface area contributed by atoms with Gasteiger partial charge in [0, 0.05) is 38.4 Å². The largest absolute Gasteiger partial charge is 0.371 e. The Hall–Kier alpha value is -3.41. The van der Waals surface area contributed by atoms with E-state index < -0.39 is 0 Å². The maximum absolute atomic E-state index is 12.7. The summed E-state index contributed by atoms with van der Waals surface area (Å²) in [7, 11) is 1.84. The van der Waals surface area contributed by atoms with Crippen LogP contribution in [0.15, 0.2) is 66.9 Å². The van der Waals surface area contributed by atoms with Crippen LogP contribution in [0.25, 0.3) is 6.08 Å². The summed E-state index contributed by atoms with van der Waals surface area (Å²) in [6.07, 6.45) is 8.91. The maximum Gasteiger partial charge on any atom is 0.246 e. The van der Waals surface area contributed by atoms with Crippen LogP contribution in [-0.4, -0.2) is 45.9 Å². The molecule has 6 nitrogen and oxygen atoms in total. The van der Waals surface area contributed by atoms with Crippen LogP contribution >= 0.6 is 0 Å². The van der Waals surface area contributed by atoms with Gasteiger partial charge in [0.1, 0.15) is 5.69 Å². The summed E-state index contributed by atoms with van der Waals surface area (Å²) in [6, 6.07) is 18.5. The van der Waals surface area contributed by atoms with E-state index in [9.17, 15) is 4.79 Å². The first-order chi connectivity index (χ1) is 15.2. The van der Waals surface area contributed by atoms with E-state index in [1.807, 2.05) is 37.5 Å². The first kappa shape index (κ1) is 20.8. The Balaban J connectivity index is 1.37. The minimum Gasteiger partial charge on any atom is -0.371 e. The summed E-state index contributed by atoms with van der Waals surface area (Å²) in [5.41, 5.74) is 4.26. The van der Waals surface area contributed by atoms with Crippen LogP contribution in [-0.2, 0) is 17.9 Å². The van der Waals surface area contributed by atoms with Gasteiger partial charge in [0.25, 0.3) is 0 Å². The predicted octanol–water partition coefficient (Wildman–Crippen LogP) is 3.99. The van der Waals surface area contributed by atoms with E-state index in [-0.39, 0.29) is 5.91 Å². The van der Waals surface area contributed by atoms with Crippen molar-refractivity contribution in [3.05, 3.63) is 83.7 Å². The summed E-state index contributed by atoms with van der Waals surface area (Å²) < 4.78 is 1.78. The minimum absolute atomic E-state index is 0.0499. The number of nitrogens with zero attached hydrogens (tertiary/aromatic N) is 5. The number of carbonyl (C=O) groups excluding carboxylic acids is 1. The van der Waals surface area contributed by atoms with E-state index in [4.69, 9.17) is 0 Å². The zero-order valence-electron chi connectivity index (χ0n) is 18.0. The first-order valence-electron chi connectivity index (χ1n) is 10.9. The molecule has 0 saturated carbocycles. The molecule has 2 heterocycles. The van der Waals surface area contributed by atoms with Gasteiger partial charge in [0.15, 0.2) is 0 Å². The lowest BCUT2D eigenvalue weighted by atomic mass is 10.1. The minimum atomic E-state index is -0.0499. The van der Waals surface area contributed by atoms with Gasteiger partial charge in [-0.15, -0.1) is 5.10 Å². The van der Waals surface area contributed by atoms with Crippen molar-refractivity contribution in [3.63, 3.8) is 0 Å². The highest BCUT2D eigenvalue weighted by Crippen LogP contribution is 2.25. The second kappa shape index (κ2) is 10.1. The Kier molecular flexibility index (Phi) is 6.77. The summed E-state index contributed by atoms with van der Waals surface area (Å²) in [4.78, 5) is 16.9. The van der Waals surface area contributed by atoms with Crippen molar-refractivity contribution in [3.8, 4) is 0 Å². The standard InChI is InChI=1S/C25H29N5O/c1-28(19-22-12-6-7-13-24(22)29-16-8-3-9-17-29)25(31)15-14-23-20-30(27-26-23)18-21-10-4-2-5-11-21/h2,4-7,10-15,20H,3,8-9,16-19H2,1H3/b15-14+. The molecule has 4 rings (SSSR count). The van der Waals surface area contributed by atoms with Gasteiger partial charge in [0.2, 0.25) is 5.91 Å². The molecule has 1 saturated heterocycles. The third-order valence-electron chi connectivity index (χ3n) is 5.61. The second-order valence-electron chi connectivity index (χ2n) is 8.03. The molecular weight excluding hydrogens is 386 g/mol. The average molecular weight is 416 g/mol. The van der Waals surface area contributed by atoms with Gasteiger partial charge in [0.05, 0.1) is 12.7 Å². The van der Waals surface area contributed by atoms with Crippen molar-refractivity contribution in [2.75, 3.05) is 25.0 Å². The van der Waals surface area contributed by atoms with Crippen LogP contribution in [0.3, 0.4) is 0 Å². The van der Waals surface area contributed by atoms with Crippen LogP contribution in [0, 0.1) is 0 Å². The molecule has 1 aliphatic rings. The van der Waals surface area contributed by atoms with Crippen molar-refractivity contribution in [2.24, 2.45) is 0 Å². The summed E-state index contributed by atoms with van der Waals surface area (Å²) >= 11 is 0. The molecule has 0 unspecified atom stereocenters. The highest BCUT2D eigenvalue weighted by Gasteiger charge is 2.16. The van der Waals surface area contributed by atoms with Crippen molar-refractivity contribution in [1.29, 1.82) is 0 Å². The fourth-order valence-electron chi connectivity index (χ4n) is 3.94. The lowest BCUT2D eigenvalue weighted by Crippen LogP contribution is -2.31. The summed E-state index contributed by atoms with van der Waals surface area (Å²) in [6.45, 7) is 3.42. The third-order valence-corrected chi connectivity index (χ3v) is 5.61. The monoisotopic (exact) mass is 415 g/mol. The van der Waals surface area contributed by atoms with Crippen molar-refractivity contribution < 1.29 is 4.79 Å². The second-order valence-corrected chi connectivity index (χ2v) is 8.03. The van der Waals surface area contributed by atoms with E-state index in [0.717, 1.165) is 18.7 Å². The van der Waals surface area contributed by atoms with Gasteiger partial charge >= 0.3 is 0 Å². The van der Waals surface area contributed by atoms with Crippen LogP contribution in [0.1, 0.15) is 36.1 Å². The molecule has 1 aliphatic heterocycles. The Morgan fingerprint density at radius 3 is 2.58 bits per heavy atom. The first-order valence-corrected chi connectivity index (χ1v) is 10.9. The highest BCUT2D eigenvalue weighted by molar-refractivity contribution is 5.91. The molecule has 0 radical (unpaired) electrons. The number of carbonyl (C=O) groups is 1.